The Kier molecular flexibility index (Phi) is 8.66. The summed E-state index contributed by atoms with van der Waals surface area (Å²) in [5, 5.41) is 3.95. The predicted octanol–water partition coefficient (Wildman–Crippen LogP) is 6.20. The maximum absolute atomic E-state index is 13.3. The number of nitrogens with zero attached hydrogens (tertiary/aromatic N) is 2. The third-order valence-electron chi connectivity index (χ3n) is 7.91. The zero-order valence-corrected chi connectivity index (χ0v) is 21.8. The van der Waals surface area contributed by atoms with E-state index in [1.54, 1.807) is 6.20 Å². The van der Waals surface area contributed by atoms with Crippen LogP contribution in [0.3, 0.4) is 0 Å². The molecule has 7 heteroatoms. The number of nitrogens with one attached hydrogen (secondary N) is 1. The molecule has 2 fully saturated rings. The number of halogens is 1. The van der Waals surface area contributed by atoms with E-state index >= 15 is 0 Å². The number of hydrogen-bond donors (Lipinski definition) is 1. The Balaban J connectivity index is 1.39. The van der Waals surface area contributed by atoms with Crippen LogP contribution >= 0.6 is 11.6 Å². The molecule has 1 saturated heterocycles. The van der Waals surface area contributed by atoms with Crippen LogP contribution < -0.4 is 5.32 Å². The molecular formula is C28H38ClN3O3. The number of piperidine rings is 1. The number of likely N-dealkylation sites (tertiary alicyclic amines) is 1. The van der Waals surface area contributed by atoms with Gasteiger partial charge in [-0.2, -0.15) is 0 Å². The second-order valence-electron chi connectivity index (χ2n) is 10.2. The van der Waals surface area contributed by atoms with Crippen molar-refractivity contribution in [3.8, 4) is 11.3 Å². The van der Waals surface area contributed by atoms with Crippen molar-refractivity contribution in [2.45, 2.75) is 77.7 Å². The van der Waals surface area contributed by atoms with E-state index in [-0.39, 0.29) is 23.3 Å². The number of benzene rings is 1. The molecule has 1 aromatic heterocycles. The standard InChI is InChI=1S/C28H38ClN3O3/c1-3-22(33)8-6-5-7-9-24(27-30-19-25(35-27)20-10-12-21(29)13-11-20)31-26(34)23-18-28(23)14-16-32(4-2)17-15-28/h10-13,19,23-24H,3-9,14-18H2,1-2H3,(H,31,34)/t23-,24?/m1/s1. The Morgan fingerprint density at radius 3 is 2.60 bits per heavy atom. The van der Waals surface area contributed by atoms with Gasteiger partial charge in [0.2, 0.25) is 11.8 Å². The van der Waals surface area contributed by atoms with Crippen LogP contribution in [-0.4, -0.2) is 41.2 Å². The summed E-state index contributed by atoms with van der Waals surface area (Å²) < 4.78 is 6.12. The monoisotopic (exact) mass is 499 g/mol. The third kappa shape index (κ3) is 6.53. The van der Waals surface area contributed by atoms with Crippen LogP contribution in [-0.2, 0) is 9.59 Å². The van der Waals surface area contributed by atoms with E-state index in [2.05, 4.69) is 22.1 Å². The van der Waals surface area contributed by atoms with Crippen LogP contribution in [0.4, 0.5) is 0 Å². The van der Waals surface area contributed by atoms with Gasteiger partial charge in [0, 0.05) is 29.3 Å². The SMILES string of the molecule is CCC(=O)CCCCCC(NC(=O)[C@H]1CC12CCN(CC)CC2)c1ncc(-c2ccc(Cl)cc2)o1. The van der Waals surface area contributed by atoms with Gasteiger partial charge in [-0.05, 0) is 81.4 Å². The molecule has 35 heavy (non-hydrogen) atoms. The Labute approximate surface area is 213 Å². The molecule has 0 bridgehead atoms. The summed E-state index contributed by atoms with van der Waals surface area (Å²) in [5.74, 6) is 1.75. The second-order valence-corrected chi connectivity index (χ2v) is 10.6. The Bertz CT molecular complexity index is 995. The number of unbranched alkanes of at least 4 members (excludes halogenated alkanes) is 2. The van der Waals surface area contributed by atoms with Crippen LogP contribution in [0.15, 0.2) is 34.9 Å². The maximum Gasteiger partial charge on any atom is 0.224 e. The normalized spacial score (nSPS) is 20.0. The van der Waals surface area contributed by atoms with Gasteiger partial charge in [-0.1, -0.05) is 38.3 Å². The molecule has 190 valence electrons. The van der Waals surface area contributed by atoms with Gasteiger partial charge in [-0.3, -0.25) is 9.59 Å². The lowest BCUT2D eigenvalue weighted by atomic mass is 9.90. The van der Waals surface area contributed by atoms with Crippen molar-refractivity contribution in [3.63, 3.8) is 0 Å². The van der Waals surface area contributed by atoms with Crippen molar-refractivity contribution in [1.29, 1.82) is 0 Å². The van der Waals surface area contributed by atoms with Gasteiger partial charge in [0.1, 0.15) is 11.8 Å². The van der Waals surface area contributed by atoms with Crippen LogP contribution in [0, 0.1) is 11.3 Å². The van der Waals surface area contributed by atoms with Gasteiger partial charge in [0.25, 0.3) is 0 Å². The summed E-state index contributed by atoms with van der Waals surface area (Å²) in [4.78, 5) is 31.9. The number of rotatable bonds is 12. The third-order valence-corrected chi connectivity index (χ3v) is 8.17. The molecule has 1 aliphatic heterocycles. The molecule has 1 aromatic carbocycles. The summed E-state index contributed by atoms with van der Waals surface area (Å²) in [6.07, 6.45) is 9.63. The first kappa shape index (κ1) is 25.9. The van der Waals surface area contributed by atoms with Crippen LogP contribution in [0.5, 0.6) is 0 Å². The van der Waals surface area contributed by atoms with E-state index in [0.717, 1.165) is 70.1 Å². The Hall–Kier alpha value is -2.18. The number of carbonyl (C=O) groups is 2. The van der Waals surface area contributed by atoms with Crippen LogP contribution in [0.1, 0.15) is 83.6 Å². The van der Waals surface area contributed by atoms with Gasteiger partial charge in [-0.15, -0.1) is 0 Å². The number of aromatic nitrogens is 1. The number of oxazole rings is 1. The van der Waals surface area contributed by atoms with Gasteiger partial charge >= 0.3 is 0 Å². The van der Waals surface area contributed by atoms with Gasteiger partial charge in [0.05, 0.1) is 6.20 Å². The summed E-state index contributed by atoms with van der Waals surface area (Å²) in [6.45, 7) is 7.37. The van der Waals surface area contributed by atoms with Crippen molar-refractivity contribution in [2.24, 2.45) is 11.3 Å². The molecule has 1 unspecified atom stereocenters. The largest absolute Gasteiger partial charge is 0.438 e. The van der Waals surface area contributed by atoms with Gasteiger partial charge in [-0.25, -0.2) is 4.98 Å². The fraction of sp³-hybridized carbons (Fsp3) is 0.607. The molecule has 0 radical (unpaired) electrons. The van der Waals surface area contributed by atoms with E-state index in [4.69, 9.17) is 16.0 Å². The van der Waals surface area contributed by atoms with E-state index in [1.807, 2.05) is 31.2 Å². The lowest BCUT2D eigenvalue weighted by Gasteiger charge is -2.32. The highest BCUT2D eigenvalue weighted by molar-refractivity contribution is 6.30. The number of ketones is 1. The van der Waals surface area contributed by atoms with Crippen LogP contribution in [0.25, 0.3) is 11.3 Å². The molecule has 1 saturated carbocycles. The summed E-state index contributed by atoms with van der Waals surface area (Å²) in [5.41, 5.74) is 1.09. The van der Waals surface area contributed by atoms with Crippen molar-refractivity contribution < 1.29 is 14.0 Å². The van der Waals surface area contributed by atoms with Crippen molar-refractivity contribution in [3.05, 3.63) is 41.4 Å². The average molecular weight is 500 g/mol. The van der Waals surface area contributed by atoms with Crippen molar-refractivity contribution in [1.82, 2.24) is 15.2 Å². The predicted molar refractivity (Wildman–Crippen MR) is 138 cm³/mol. The molecule has 6 nitrogen and oxygen atoms in total. The molecule has 1 spiro atoms. The quantitative estimate of drug-likeness (QED) is 0.351. The lowest BCUT2D eigenvalue weighted by Crippen LogP contribution is -2.37. The number of Topliss-reactive ketones (excluding diaryl/α,β-unsaturated/α-hetero) is 1. The zero-order chi connectivity index (χ0) is 24.8. The van der Waals surface area contributed by atoms with Crippen molar-refractivity contribution >= 4 is 23.3 Å². The van der Waals surface area contributed by atoms with E-state index in [1.165, 1.54) is 0 Å². The lowest BCUT2D eigenvalue weighted by molar-refractivity contribution is -0.124. The molecular weight excluding hydrogens is 462 g/mol. The minimum Gasteiger partial charge on any atom is -0.438 e. The van der Waals surface area contributed by atoms with Gasteiger partial charge < -0.3 is 14.6 Å². The molecule has 1 aliphatic carbocycles. The maximum atomic E-state index is 13.3. The summed E-state index contributed by atoms with van der Waals surface area (Å²) in [7, 11) is 0. The van der Waals surface area contributed by atoms with E-state index in [0.29, 0.717) is 35.3 Å². The Morgan fingerprint density at radius 1 is 1.17 bits per heavy atom. The smallest absolute Gasteiger partial charge is 0.224 e. The molecule has 2 aromatic rings. The van der Waals surface area contributed by atoms with Gasteiger partial charge in [0.15, 0.2) is 5.76 Å². The first-order chi connectivity index (χ1) is 16.9. The molecule has 4 rings (SSSR count). The fourth-order valence-corrected chi connectivity index (χ4v) is 5.46. The number of amides is 1. The topological polar surface area (TPSA) is 75.4 Å². The van der Waals surface area contributed by atoms with Crippen molar-refractivity contribution in [2.75, 3.05) is 19.6 Å². The average Bonchev–Trinajstić information content (AvgIpc) is 3.34. The number of hydrogen-bond acceptors (Lipinski definition) is 5. The molecule has 2 atom stereocenters. The van der Waals surface area contributed by atoms with E-state index in [9.17, 15) is 9.59 Å². The molecule has 1 N–H and O–H groups in total. The number of carbonyl (C=O) groups excluding carboxylic acids is 2. The molecule has 2 heterocycles. The highest BCUT2D eigenvalue weighted by Gasteiger charge is 2.58. The first-order valence-corrected chi connectivity index (χ1v) is 13.6. The molecule has 1 amide bonds. The highest BCUT2D eigenvalue weighted by Crippen LogP contribution is 2.59. The van der Waals surface area contributed by atoms with Crippen LogP contribution in [0.2, 0.25) is 5.02 Å². The Morgan fingerprint density at radius 2 is 1.91 bits per heavy atom. The summed E-state index contributed by atoms with van der Waals surface area (Å²) in [6, 6.07) is 7.20. The van der Waals surface area contributed by atoms with E-state index < -0.39 is 0 Å². The first-order valence-electron chi connectivity index (χ1n) is 13.2. The minimum absolute atomic E-state index is 0.0943. The highest BCUT2D eigenvalue weighted by atomic mass is 35.5. The molecule has 2 aliphatic rings. The fourth-order valence-electron chi connectivity index (χ4n) is 5.34. The zero-order valence-electron chi connectivity index (χ0n) is 21.0. The minimum atomic E-state index is -0.265. The summed E-state index contributed by atoms with van der Waals surface area (Å²) >= 11 is 6.02. The second kappa shape index (κ2) is 11.7.